The molecule has 10 nitrogen and oxygen atoms in total. The zero-order valence-electron chi connectivity index (χ0n) is 18.8. The summed E-state index contributed by atoms with van der Waals surface area (Å²) in [6, 6.07) is 3.35. The number of carbonyl (C=O) groups is 2. The number of pyridine rings is 1. The van der Waals surface area contributed by atoms with Gasteiger partial charge in [0.25, 0.3) is 5.91 Å². The van der Waals surface area contributed by atoms with Crippen molar-refractivity contribution in [3.05, 3.63) is 29.0 Å². The number of ether oxygens (including phenoxy) is 2. The fourth-order valence-corrected chi connectivity index (χ4v) is 4.37. The van der Waals surface area contributed by atoms with Gasteiger partial charge < -0.3 is 24.6 Å². The van der Waals surface area contributed by atoms with Crippen LogP contribution in [0.3, 0.4) is 0 Å². The van der Waals surface area contributed by atoms with E-state index in [0.29, 0.717) is 66.9 Å². The van der Waals surface area contributed by atoms with Crippen LogP contribution in [0, 0.1) is 5.92 Å². The normalized spacial score (nSPS) is 20.0. The largest absolute Gasteiger partial charge is 0.481 e. The van der Waals surface area contributed by atoms with E-state index in [2.05, 4.69) is 32.4 Å². The molecule has 4 rings (SSSR count). The molecule has 0 saturated carbocycles. The predicted molar refractivity (Wildman–Crippen MR) is 122 cm³/mol. The van der Waals surface area contributed by atoms with Gasteiger partial charge in [-0.05, 0) is 26.0 Å². The Labute approximate surface area is 197 Å². The molecule has 33 heavy (non-hydrogen) atoms. The molecule has 2 amide bonds. The Balaban J connectivity index is 1.29. The van der Waals surface area contributed by atoms with Gasteiger partial charge in [-0.2, -0.15) is 5.10 Å². The van der Waals surface area contributed by atoms with Crippen LogP contribution in [-0.2, 0) is 9.53 Å². The molecule has 0 aromatic carbocycles. The maximum absolute atomic E-state index is 12.9. The van der Waals surface area contributed by atoms with Crippen LogP contribution in [0.4, 0.5) is 0 Å². The van der Waals surface area contributed by atoms with Crippen LogP contribution < -0.4 is 10.1 Å². The van der Waals surface area contributed by atoms with Crippen molar-refractivity contribution < 1.29 is 19.1 Å². The van der Waals surface area contributed by atoms with Crippen molar-refractivity contribution >= 4 is 23.4 Å². The van der Waals surface area contributed by atoms with Crippen molar-refractivity contribution in [1.82, 2.24) is 30.3 Å². The fraction of sp³-hybridized carbons (Fsp3) is 0.545. The van der Waals surface area contributed by atoms with E-state index in [9.17, 15) is 9.59 Å². The summed E-state index contributed by atoms with van der Waals surface area (Å²) in [4.78, 5) is 33.5. The van der Waals surface area contributed by atoms with Crippen molar-refractivity contribution in [2.24, 2.45) is 5.92 Å². The van der Waals surface area contributed by atoms with E-state index in [1.54, 1.807) is 17.0 Å². The first-order chi connectivity index (χ1) is 15.9. The molecule has 1 unspecified atom stereocenters. The van der Waals surface area contributed by atoms with Gasteiger partial charge >= 0.3 is 0 Å². The second-order valence-corrected chi connectivity index (χ2v) is 8.85. The van der Waals surface area contributed by atoms with Gasteiger partial charge in [-0.25, -0.2) is 4.98 Å². The van der Waals surface area contributed by atoms with Crippen LogP contribution in [0.25, 0.3) is 11.3 Å². The molecule has 4 heterocycles. The Morgan fingerprint density at radius 1 is 1.30 bits per heavy atom. The molecule has 2 aromatic heterocycles. The summed E-state index contributed by atoms with van der Waals surface area (Å²) < 4.78 is 10.8. The van der Waals surface area contributed by atoms with E-state index in [4.69, 9.17) is 21.1 Å². The highest BCUT2D eigenvalue weighted by molar-refractivity contribution is 6.33. The lowest BCUT2D eigenvalue weighted by Crippen LogP contribution is -2.48. The molecule has 0 radical (unpaired) electrons. The van der Waals surface area contributed by atoms with Crippen LogP contribution in [0.1, 0.15) is 23.3 Å². The highest BCUT2D eigenvalue weighted by Gasteiger charge is 2.29. The van der Waals surface area contributed by atoms with Gasteiger partial charge in [-0.3, -0.25) is 14.7 Å². The van der Waals surface area contributed by atoms with Gasteiger partial charge in [-0.1, -0.05) is 11.6 Å². The predicted octanol–water partition coefficient (Wildman–Crippen LogP) is 1.43. The molecule has 2 saturated heterocycles. The summed E-state index contributed by atoms with van der Waals surface area (Å²) in [5.41, 5.74) is 1.56. The smallest absolute Gasteiger partial charge is 0.274 e. The number of likely N-dealkylation sites (tertiary alicyclic amines) is 1. The summed E-state index contributed by atoms with van der Waals surface area (Å²) >= 11 is 6.24. The van der Waals surface area contributed by atoms with Crippen molar-refractivity contribution in [3.63, 3.8) is 0 Å². The fourth-order valence-electron chi connectivity index (χ4n) is 4.16. The van der Waals surface area contributed by atoms with E-state index in [1.165, 1.54) is 13.3 Å². The number of rotatable bonds is 6. The summed E-state index contributed by atoms with van der Waals surface area (Å²) in [7, 11) is 3.57. The number of hydrogen-bond donors (Lipinski definition) is 2. The Kier molecular flexibility index (Phi) is 7.46. The minimum Gasteiger partial charge on any atom is -0.481 e. The highest BCUT2D eigenvalue weighted by atomic mass is 35.5. The standard InChI is InChI=1S/C22H29ClN6O4/c1-28-7-8-33-15(13-28)11-25-21(30)14-3-5-29(6-4-14)22(31)19-10-18(26-27-19)16-9-20(32-2)24-12-17(16)23/h9-10,12,14-15H,3-8,11,13H2,1-2H3,(H,25,30)(H,26,27). The van der Waals surface area contributed by atoms with Crippen LogP contribution in [0.15, 0.2) is 18.3 Å². The number of methoxy groups -OCH3 is 1. The number of likely N-dealkylation sites (N-methyl/N-ethyl adjacent to an activating group) is 1. The van der Waals surface area contributed by atoms with E-state index in [0.717, 1.165) is 13.1 Å². The molecule has 0 spiro atoms. The number of halogens is 1. The minimum atomic E-state index is -0.174. The number of H-pyrrole nitrogens is 1. The third kappa shape index (κ3) is 5.63. The van der Waals surface area contributed by atoms with Gasteiger partial charge in [0.2, 0.25) is 11.8 Å². The van der Waals surface area contributed by atoms with Crippen molar-refractivity contribution in [1.29, 1.82) is 0 Å². The number of hydrogen-bond acceptors (Lipinski definition) is 7. The van der Waals surface area contributed by atoms with Gasteiger partial charge in [0.05, 0.1) is 36.7 Å². The number of morpholine rings is 1. The average molecular weight is 477 g/mol. The zero-order chi connectivity index (χ0) is 23.4. The third-order valence-corrected chi connectivity index (χ3v) is 6.43. The maximum atomic E-state index is 12.9. The minimum absolute atomic E-state index is 0.0251. The van der Waals surface area contributed by atoms with Crippen molar-refractivity contribution in [3.8, 4) is 17.1 Å². The number of amides is 2. The average Bonchev–Trinajstić information content (AvgIpc) is 3.32. The lowest BCUT2D eigenvalue weighted by atomic mass is 9.95. The summed E-state index contributed by atoms with van der Waals surface area (Å²) in [6.45, 7) is 3.94. The molecule has 11 heteroatoms. The molecule has 2 aliphatic rings. The monoisotopic (exact) mass is 476 g/mol. The van der Waals surface area contributed by atoms with E-state index < -0.39 is 0 Å². The van der Waals surface area contributed by atoms with Crippen molar-refractivity contribution in [2.75, 3.05) is 53.5 Å². The lowest BCUT2D eigenvalue weighted by molar-refractivity contribution is -0.127. The number of nitrogens with one attached hydrogen (secondary N) is 2. The Hall–Kier alpha value is -2.69. The summed E-state index contributed by atoms with van der Waals surface area (Å²) in [6.07, 6.45) is 2.76. The van der Waals surface area contributed by atoms with Gasteiger partial charge in [0.15, 0.2) is 5.69 Å². The molecular formula is C22H29ClN6O4. The molecular weight excluding hydrogens is 448 g/mol. The molecule has 2 N–H and O–H groups in total. The number of aromatic amines is 1. The lowest BCUT2D eigenvalue weighted by Gasteiger charge is -2.32. The topological polar surface area (TPSA) is 113 Å². The van der Waals surface area contributed by atoms with E-state index in [-0.39, 0.29) is 23.8 Å². The van der Waals surface area contributed by atoms with Gasteiger partial charge in [0, 0.05) is 50.3 Å². The molecule has 178 valence electrons. The molecule has 2 aromatic rings. The first kappa shape index (κ1) is 23.5. The third-order valence-electron chi connectivity index (χ3n) is 6.13. The van der Waals surface area contributed by atoms with E-state index in [1.807, 2.05) is 0 Å². The van der Waals surface area contributed by atoms with E-state index >= 15 is 0 Å². The van der Waals surface area contributed by atoms with Gasteiger partial charge in [-0.15, -0.1) is 0 Å². The molecule has 0 bridgehead atoms. The summed E-state index contributed by atoms with van der Waals surface area (Å²) in [5.74, 6) is 0.168. The van der Waals surface area contributed by atoms with Crippen LogP contribution in [0.2, 0.25) is 5.02 Å². The first-order valence-electron chi connectivity index (χ1n) is 11.1. The maximum Gasteiger partial charge on any atom is 0.274 e. The number of piperidine rings is 1. The Morgan fingerprint density at radius 2 is 2.09 bits per heavy atom. The molecule has 2 fully saturated rings. The second-order valence-electron chi connectivity index (χ2n) is 8.44. The van der Waals surface area contributed by atoms with Crippen LogP contribution in [-0.4, -0.2) is 96.4 Å². The molecule has 1 atom stereocenters. The Morgan fingerprint density at radius 3 is 2.82 bits per heavy atom. The van der Waals surface area contributed by atoms with Crippen LogP contribution in [0.5, 0.6) is 5.88 Å². The van der Waals surface area contributed by atoms with Gasteiger partial charge in [0.1, 0.15) is 0 Å². The number of carbonyl (C=O) groups excluding carboxylic acids is 2. The summed E-state index contributed by atoms with van der Waals surface area (Å²) in [5, 5.41) is 10.5. The first-order valence-corrected chi connectivity index (χ1v) is 11.4. The quantitative estimate of drug-likeness (QED) is 0.648. The zero-order valence-corrected chi connectivity index (χ0v) is 19.6. The second kappa shape index (κ2) is 10.5. The van der Waals surface area contributed by atoms with Crippen LogP contribution >= 0.6 is 11.6 Å². The Bertz CT molecular complexity index is 991. The molecule has 2 aliphatic heterocycles. The van der Waals surface area contributed by atoms with Crippen molar-refractivity contribution in [2.45, 2.75) is 18.9 Å². The number of nitrogens with zero attached hydrogens (tertiary/aromatic N) is 4. The number of aromatic nitrogens is 3. The SMILES string of the molecule is COc1cc(-c2cc(C(=O)N3CCC(C(=O)NCC4CN(C)CCO4)CC3)n[nH]2)c(Cl)cn1. The molecule has 0 aliphatic carbocycles. The highest BCUT2D eigenvalue weighted by Crippen LogP contribution is 2.29.